The highest BCUT2D eigenvalue weighted by atomic mass is 32.1. The molecule has 1 N–H and O–H groups in total. The Morgan fingerprint density at radius 1 is 1.47 bits per heavy atom. The summed E-state index contributed by atoms with van der Waals surface area (Å²) in [4.78, 5) is 9.93. The molecule has 0 spiro atoms. The molecule has 1 fully saturated rings. The van der Waals surface area contributed by atoms with E-state index in [2.05, 4.69) is 33.7 Å². The molecule has 2 heterocycles. The number of aromatic nitrogens is 2. The summed E-state index contributed by atoms with van der Waals surface area (Å²) in [5.74, 6) is 2.47. The van der Waals surface area contributed by atoms with Crippen molar-refractivity contribution in [3.8, 4) is 0 Å². The number of thiophene rings is 1. The third-order valence-corrected chi connectivity index (χ3v) is 4.38. The van der Waals surface area contributed by atoms with E-state index in [1.807, 2.05) is 6.20 Å². The monoisotopic (exact) mass is 247 g/mol. The summed E-state index contributed by atoms with van der Waals surface area (Å²) in [6, 6.07) is 2.06. The lowest BCUT2D eigenvalue weighted by molar-refractivity contribution is 0.536. The van der Waals surface area contributed by atoms with Crippen molar-refractivity contribution in [3.05, 3.63) is 17.6 Å². The zero-order valence-corrected chi connectivity index (χ0v) is 10.8. The maximum Gasteiger partial charge on any atom is 0.224 e. The molecule has 90 valence electrons. The quantitative estimate of drug-likeness (QED) is 0.901. The molecule has 0 radical (unpaired) electrons. The van der Waals surface area contributed by atoms with Gasteiger partial charge in [0, 0.05) is 18.1 Å². The van der Waals surface area contributed by atoms with Crippen LogP contribution in [0.1, 0.15) is 26.2 Å². The highest BCUT2D eigenvalue weighted by Crippen LogP contribution is 2.30. The third kappa shape index (κ3) is 2.41. The lowest BCUT2D eigenvalue weighted by Gasteiger charge is -2.10. The molecule has 1 aliphatic rings. The Labute approximate surface area is 105 Å². The Hall–Kier alpha value is -1.16. The first kappa shape index (κ1) is 11.0. The van der Waals surface area contributed by atoms with Crippen LogP contribution < -0.4 is 5.32 Å². The molecule has 2 aromatic heterocycles. The average Bonchev–Trinajstić information content (AvgIpc) is 2.94. The zero-order chi connectivity index (χ0) is 11.7. The van der Waals surface area contributed by atoms with Crippen molar-refractivity contribution in [3.63, 3.8) is 0 Å². The predicted octanol–water partition coefficient (Wildman–Crippen LogP) is 3.54. The van der Waals surface area contributed by atoms with Crippen LogP contribution in [-0.2, 0) is 0 Å². The van der Waals surface area contributed by atoms with Crippen LogP contribution in [0.25, 0.3) is 10.2 Å². The third-order valence-electron chi connectivity index (χ3n) is 3.56. The van der Waals surface area contributed by atoms with Crippen LogP contribution in [0.4, 0.5) is 5.95 Å². The summed E-state index contributed by atoms with van der Waals surface area (Å²) >= 11 is 1.67. The number of hydrogen-bond donors (Lipinski definition) is 1. The van der Waals surface area contributed by atoms with Gasteiger partial charge in [-0.05, 0) is 36.1 Å². The van der Waals surface area contributed by atoms with E-state index in [-0.39, 0.29) is 0 Å². The molecule has 0 saturated heterocycles. The van der Waals surface area contributed by atoms with Gasteiger partial charge in [-0.1, -0.05) is 13.3 Å². The van der Waals surface area contributed by atoms with Gasteiger partial charge < -0.3 is 5.32 Å². The van der Waals surface area contributed by atoms with Gasteiger partial charge >= 0.3 is 0 Å². The van der Waals surface area contributed by atoms with Gasteiger partial charge in [-0.3, -0.25) is 0 Å². The fourth-order valence-corrected chi connectivity index (χ4v) is 3.33. The van der Waals surface area contributed by atoms with E-state index in [1.165, 1.54) is 19.3 Å². The van der Waals surface area contributed by atoms with Gasteiger partial charge in [-0.2, -0.15) is 0 Å². The molecular formula is C13H17N3S. The molecule has 1 aliphatic carbocycles. The van der Waals surface area contributed by atoms with Gasteiger partial charge in [0.1, 0.15) is 4.83 Å². The molecule has 3 nitrogen and oxygen atoms in total. The van der Waals surface area contributed by atoms with Crippen LogP contribution >= 0.6 is 11.3 Å². The minimum absolute atomic E-state index is 0.777. The van der Waals surface area contributed by atoms with Crippen molar-refractivity contribution in [2.75, 3.05) is 11.9 Å². The molecule has 17 heavy (non-hydrogen) atoms. The summed E-state index contributed by atoms with van der Waals surface area (Å²) in [7, 11) is 0. The van der Waals surface area contributed by atoms with Crippen molar-refractivity contribution in [2.24, 2.45) is 11.8 Å². The van der Waals surface area contributed by atoms with Crippen LogP contribution in [-0.4, -0.2) is 16.5 Å². The van der Waals surface area contributed by atoms with Gasteiger partial charge in [-0.15, -0.1) is 11.3 Å². The summed E-state index contributed by atoms with van der Waals surface area (Å²) in [6.45, 7) is 3.36. The zero-order valence-electron chi connectivity index (χ0n) is 10.0. The first-order chi connectivity index (χ1) is 8.31. The van der Waals surface area contributed by atoms with Crippen LogP contribution in [0.15, 0.2) is 17.6 Å². The Morgan fingerprint density at radius 3 is 3.24 bits per heavy atom. The highest BCUT2D eigenvalue weighted by molar-refractivity contribution is 7.16. The predicted molar refractivity (Wildman–Crippen MR) is 72.4 cm³/mol. The number of nitrogens with zero attached hydrogens (tertiary/aromatic N) is 2. The van der Waals surface area contributed by atoms with E-state index < -0.39 is 0 Å². The summed E-state index contributed by atoms with van der Waals surface area (Å²) in [5, 5.41) is 6.57. The first-order valence-electron chi connectivity index (χ1n) is 6.25. The molecule has 0 bridgehead atoms. The van der Waals surface area contributed by atoms with Gasteiger partial charge in [-0.25, -0.2) is 9.97 Å². The topological polar surface area (TPSA) is 37.8 Å². The van der Waals surface area contributed by atoms with E-state index in [0.29, 0.717) is 0 Å². The van der Waals surface area contributed by atoms with E-state index in [1.54, 1.807) is 11.3 Å². The van der Waals surface area contributed by atoms with Gasteiger partial charge in [0.15, 0.2) is 0 Å². The Balaban J connectivity index is 1.64. The molecule has 0 aliphatic heterocycles. The second kappa shape index (κ2) is 4.61. The average molecular weight is 247 g/mol. The van der Waals surface area contributed by atoms with Crippen molar-refractivity contribution in [1.82, 2.24) is 9.97 Å². The van der Waals surface area contributed by atoms with Crippen LogP contribution in [0.3, 0.4) is 0 Å². The number of rotatable bonds is 3. The number of hydrogen-bond acceptors (Lipinski definition) is 4. The fourth-order valence-electron chi connectivity index (χ4n) is 2.59. The Kier molecular flexibility index (Phi) is 2.97. The van der Waals surface area contributed by atoms with Crippen molar-refractivity contribution in [1.29, 1.82) is 0 Å². The molecule has 2 unspecified atom stereocenters. The maximum atomic E-state index is 4.51. The molecule has 2 atom stereocenters. The standard InChI is InChI=1S/C13H17N3S/c1-9-2-3-10(6-9)7-14-13-15-8-11-4-5-17-12(11)16-13/h4-5,8-10H,2-3,6-7H2,1H3,(H,14,15,16). The normalized spacial score (nSPS) is 24.3. The Morgan fingerprint density at radius 2 is 2.41 bits per heavy atom. The van der Waals surface area contributed by atoms with Gasteiger partial charge in [0.2, 0.25) is 5.95 Å². The highest BCUT2D eigenvalue weighted by Gasteiger charge is 2.21. The second-order valence-corrected chi connectivity index (χ2v) is 5.93. The van der Waals surface area contributed by atoms with E-state index in [4.69, 9.17) is 0 Å². The number of anilines is 1. The minimum Gasteiger partial charge on any atom is -0.354 e. The molecule has 2 aromatic rings. The molecule has 3 rings (SSSR count). The van der Waals surface area contributed by atoms with Gasteiger partial charge in [0.25, 0.3) is 0 Å². The maximum absolute atomic E-state index is 4.51. The summed E-state index contributed by atoms with van der Waals surface area (Å²) in [5.41, 5.74) is 0. The number of fused-ring (bicyclic) bond motifs is 1. The van der Waals surface area contributed by atoms with Crippen LogP contribution in [0.5, 0.6) is 0 Å². The molecular weight excluding hydrogens is 230 g/mol. The van der Waals surface area contributed by atoms with E-state index in [0.717, 1.165) is 34.5 Å². The fraction of sp³-hybridized carbons (Fsp3) is 0.538. The van der Waals surface area contributed by atoms with Crippen LogP contribution in [0, 0.1) is 11.8 Å². The molecule has 0 amide bonds. The van der Waals surface area contributed by atoms with Crippen molar-refractivity contribution in [2.45, 2.75) is 26.2 Å². The lowest BCUT2D eigenvalue weighted by atomic mass is 10.1. The first-order valence-corrected chi connectivity index (χ1v) is 7.13. The van der Waals surface area contributed by atoms with E-state index in [9.17, 15) is 0 Å². The molecule has 0 aromatic carbocycles. The second-order valence-electron chi connectivity index (χ2n) is 5.04. The minimum atomic E-state index is 0.777. The summed E-state index contributed by atoms with van der Waals surface area (Å²) < 4.78 is 0. The van der Waals surface area contributed by atoms with Gasteiger partial charge in [0.05, 0.1) is 0 Å². The molecule has 1 saturated carbocycles. The van der Waals surface area contributed by atoms with E-state index >= 15 is 0 Å². The van der Waals surface area contributed by atoms with Crippen molar-refractivity contribution < 1.29 is 0 Å². The summed E-state index contributed by atoms with van der Waals surface area (Å²) in [6.07, 6.45) is 5.96. The molecule has 4 heteroatoms. The number of nitrogens with one attached hydrogen (secondary N) is 1. The largest absolute Gasteiger partial charge is 0.354 e. The Bertz CT molecular complexity index is 508. The lowest BCUT2D eigenvalue weighted by Crippen LogP contribution is -2.13. The smallest absolute Gasteiger partial charge is 0.224 e. The van der Waals surface area contributed by atoms with Crippen molar-refractivity contribution >= 4 is 27.5 Å². The van der Waals surface area contributed by atoms with Crippen LogP contribution in [0.2, 0.25) is 0 Å². The SMILES string of the molecule is CC1CCC(CNc2ncc3ccsc3n2)C1.